The number of hydrogen-bond donors (Lipinski definition) is 0. The second-order valence-corrected chi connectivity index (χ2v) is 10.8. The van der Waals surface area contributed by atoms with E-state index in [0.29, 0.717) is 0 Å². The van der Waals surface area contributed by atoms with Crippen LogP contribution in [-0.2, 0) is 5.41 Å². The zero-order chi connectivity index (χ0) is 25.9. The highest BCUT2D eigenvalue weighted by Gasteiger charge is 2.46. The standard InChI is InChI=1S/C38H30/c1-25-12-19-31(20-13-25)38(32-21-14-26(2)15-22-32)35-9-5-4-7-34(35)37-33(8-6-10-36(37)38)30-18-17-28-23-27(3)11-16-29(28)24-30/h4-24H,1-3H3. The Morgan fingerprint density at radius 3 is 1.68 bits per heavy atom. The molecular weight excluding hydrogens is 456 g/mol. The lowest BCUT2D eigenvalue weighted by molar-refractivity contribution is 0.767. The van der Waals surface area contributed by atoms with Crippen LogP contribution >= 0.6 is 0 Å². The van der Waals surface area contributed by atoms with E-state index in [4.69, 9.17) is 0 Å². The lowest BCUT2D eigenvalue weighted by Crippen LogP contribution is -2.28. The number of fused-ring (bicyclic) bond motifs is 4. The number of hydrogen-bond acceptors (Lipinski definition) is 0. The summed E-state index contributed by atoms with van der Waals surface area (Å²) in [5.41, 5.74) is 14.0. The van der Waals surface area contributed by atoms with Crippen molar-refractivity contribution in [1.82, 2.24) is 0 Å². The molecule has 0 spiro atoms. The molecule has 0 amide bonds. The molecule has 0 unspecified atom stereocenters. The summed E-state index contributed by atoms with van der Waals surface area (Å²) in [5, 5.41) is 2.57. The topological polar surface area (TPSA) is 0 Å². The van der Waals surface area contributed by atoms with E-state index in [2.05, 4.69) is 148 Å². The van der Waals surface area contributed by atoms with Gasteiger partial charge in [-0.3, -0.25) is 0 Å². The van der Waals surface area contributed by atoms with Crippen molar-refractivity contribution in [2.75, 3.05) is 0 Å². The molecule has 0 saturated heterocycles. The van der Waals surface area contributed by atoms with E-state index in [1.54, 1.807) is 0 Å². The fourth-order valence-electron chi connectivity index (χ4n) is 6.50. The number of benzene rings is 6. The first-order valence-corrected chi connectivity index (χ1v) is 13.4. The maximum Gasteiger partial charge on any atom is 0.0713 e. The van der Waals surface area contributed by atoms with Gasteiger partial charge in [0, 0.05) is 0 Å². The Morgan fingerprint density at radius 2 is 0.974 bits per heavy atom. The fourth-order valence-corrected chi connectivity index (χ4v) is 6.50. The van der Waals surface area contributed by atoms with Gasteiger partial charge in [0.2, 0.25) is 0 Å². The van der Waals surface area contributed by atoms with E-state index in [1.807, 2.05) is 0 Å². The second-order valence-electron chi connectivity index (χ2n) is 10.8. The van der Waals surface area contributed by atoms with E-state index >= 15 is 0 Å². The molecule has 0 atom stereocenters. The molecule has 182 valence electrons. The van der Waals surface area contributed by atoms with Crippen LogP contribution in [-0.4, -0.2) is 0 Å². The minimum atomic E-state index is -0.378. The number of aryl methyl sites for hydroxylation is 3. The van der Waals surface area contributed by atoms with Gasteiger partial charge in [-0.15, -0.1) is 0 Å². The van der Waals surface area contributed by atoms with Crippen LogP contribution in [0.25, 0.3) is 33.0 Å². The Hall–Kier alpha value is -4.42. The second kappa shape index (κ2) is 8.57. The minimum absolute atomic E-state index is 0.378. The van der Waals surface area contributed by atoms with E-state index in [9.17, 15) is 0 Å². The van der Waals surface area contributed by atoms with Crippen molar-refractivity contribution >= 4 is 10.8 Å². The Kier molecular flexibility index (Phi) is 5.13. The van der Waals surface area contributed by atoms with Crippen molar-refractivity contribution in [3.8, 4) is 22.3 Å². The van der Waals surface area contributed by atoms with Crippen LogP contribution in [0.5, 0.6) is 0 Å². The highest BCUT2D eigenvalue weighted by molar-refractivity contribution is 5.97. The van der Waals surface area contributed by atoms with Crippen molar-refractivity contribution < 1.29 is 0 Å². The Labute approximate surface area is 225 Å². The van der Waals surface area contributed by atoms with Crippen LogP contribution in [0.15, 0.2) is 127 Å². The molecule has 0 aliphatic heterocycles. The lowest BCUT2D eigenvalue weighted by atomic mass is 9.67. The first kappa shape index (κ1) is 22.8. The van der Waals surface area contributed by atoms with E-state index in [0.717, 1.165) is 0 Å². The molecule has 7 rings (SSSR count). The molecule has 0 bridgehead atoms. The molecular formula is C38H30. The van der Waals surface area contributed by atoms with Gasteiger partial charge >= 0.3 is 0 Å². The summed E-state index contributed by atoms with van der Waals surface area (Å²) in [6.07, 6.45) is 0. The van der Waals surface area contributed by atoms with Gasteiger partial charge in [0.25, 0.3) is 0 Å². The van der Waals surface area contributed by atoms with Crippen LogP contribution in [0.4, 0.5) is 0 Å². The predicted molar refractivity (Wildman–Crippen MR) is 161 cm³/mol. The van der Waals surface area contributed by atoms with Crippen LogP contribution in [0.2, 0.25) is 0 Å². The van der Waals surface area contributed by atoms with Crippen molar-refractivity contribution in [3.05, 3.63) is 166 Å². The summed E-state index contributed by atoms with van der Waals surface area (Å²) in [4.78, 5) is 0. The van der Waals surface area contributed by atoms with Gasteiger partial charge in [0.1, 0.15) is 0 Å². The molecule has 1 aliphatic carbocycles. The van der Waals surface area contributed by atoms with E-state index in [-0.39, 0.29) is 5.41 Å². The maximum atomic E-state index is 2.35. The Morgan fingerprint density at radius 1 is 0.421 bits per heavy atom. The monoisotopic (exact) mass is 486 g/mol. The zero-order valence-corrected chi connectivity index (χ0v) is 22.1. The predicted octanol–water partition coefficient (Wildman–Crippen LogP) is 9.80. The van der Waals surface area contributed by atoms with Gasteiger partial charge in [0.15, 0.2) is 0 Å². The zero-order valence-electron chi connectivity index (χ0n) is 22.1. The molecule has 38 heavy (non-hydrogen) atoms. The molecule has 0 heteroatoms. The Bertz CT molecular complexity index is 1770. The smallest absolute Gasteiger partial charge is 0.0619 e. The third kappa shape index (κ3) is 3.30. The summed E-state index contributed by atoms with van der Waals surface area (Å²) < 4.78 is 0. The molecule has 0 nitrogen and oxygen atoms in total. The largest absolute Gasteiger partial charge is 0.0713 e. The van der Waals surface area contributed by atoms with Gasteiger partial charge in [-0.1, -0.05) is 138 Å². The normalized spacial score (nSPS) is 13.3. The first-order valence-electron chi connectivity index (χ1n) is 13.4. The van der Waals surface area contributed by atoms with Crippen LogP contribution in [0, 0.1) is 20.8 Å². The molecule has 0 fully saturated rings. The van der Waals surface area contributed by atoms with Crippen LogP contribution < -0.4 is 0 Å². The number of rotatable bonds is 3. The van der Waals surface area contributed by atoms with E-state index in [1.165, 1.54) is 72.0 Å². The molecule has 0 heterocycles. The summed E-state index contributed by atoms with van der Waals surface area (Å²) in [6, 6.07) is 47.9. The van der Waals surface area contributed by atoms with Gasteiger partial charge < -0.3 is 0 Å². The van der Waals surface area contributed by atoms with Gasteiger partial charge in [-0.05, 0) is 82.1 Å². The van der Waals surface area contributed by atoms with Gasteiger partial charge in [0.05, 0.1) is 5.41 Å². The van der Waals surface area contributed by atoms with Crippen molar-refractivity contribution in [3.63, 3.8) is 0 Å². The lowest BCUT2D eigenvalue weighted by Gasteiger charge is -2.34. The minimum Gasteiger partial charge on any atom is -0.0619 e. The summed E-state index contributed by atoms with van der Waals surface area (Å²) in [6.45, 7) is 6.49. The third-order valence-corrected chi connectivity index (χ3v) is 8.34. The summed E-state index contributed by atoms with van der Waals surface area (Å²) in [5.74, 6) is 0. The maximum absolute atomic E-state index is 2.35. The Balaban J connectivity index is 1.58. The molecule has 0 N–H and O–H groups in total. The molecule has 1 aliphatic rings. The van der Waals surface area contributed by atoms with Crippen molar-refractivity contribution in [2.24, 2.45) is 0 Å². The SMILES string of the molecule is Cc1ccc(C2(c3ccc(C)cc3)c3ccccc3-c3c(-c4ccc5cc(C)ccc5c4)cccc32)cc1. The highest BCUT2D eigenvalue weighted by atomic mass is 14.5. The fraction of sp³-hybridized carbons (Fsp3) is 0.105. The molecule has 0 radical (unpaired) electrons. The molecule has 6 aromatic carbocycles. The molecule has 0 aromatic heterocycles. The van der Waals surface area contributed by atoms with Crippen LogP contribution in [0.1, 0.15) is 38.9 Å². The van der Waals surface area contributed by atoms with Gasteiger partial charge in [-0.25, -0.2) is 0 Å². The van der Waals surface area contributed by atoms with E-state index < -0.39 is 0 Å². The van der Waals surface area contributed by atoms with Gasteiger partial charge in [-0.2, -0.15) is 0 Å². The summed E-state index contributed by atoms with van der Waals surface area (Å²) >= 11 is 0. The average Bonchev–Trinajstić information content (AvgIpc) is 3.25. The summed E-state index contributed by atoms with van der Waals surface area (Å²) in [7, 11) is 0. The first-order chi connectivity index (χ1) is 18.6. The average molecular weight is 487 g/mol. The van der Waals surface area contributed by atoms with Crippen molar-refractivity contribution in [1.29, 1.82) is 0 Å². The van der Waals surface area contributed by atoms with Crippen molar-refractivity contribution in [2.45, 2.75) is 26.2 Å². The highest BCUT2D eigenvalue weighted by Crippen LogP contribution is 2.58. The molecule has 0 saturated carbocycles. The third-order valence-electron chi connectivity index (χ3n) is 8.34. The molecule has 6 aromatic rings. The van der Waals surface area contributed by atoms with Crippen LogP contribution in [0.3, 0.4) is 0 Å². The quantitative estimate of drug-likeness (QED) is 0.233.